The molecule has 112 valence electrons. The SMILES string of the molecule is CCC(Sc1ncnc2sc3c(c12)CCC(C)C3)C(=O)[O-]. The predicted octanol–water partition coefficient (Wildman–Crippen LogP) is 2.44. The van der Waals surface area contributed by atoms with Crippen molar-refractivity contribution in [1.29, 1.82) is 0 Å². The zero-order chi connectivity index (χ0) is 15.0. The Morgan fingerprint density at radius 3 is 3.10 bits per heavy atom. The van der Waals surface area contributed by atoms with Gasteiger partial charge in [0.1, 0.15) is 16.2 Å². The molecule has 1 aliphatic carbocycles. The molecule has 0 saturated heterocycles. The maximum Gasteiger partial charge on any atom is 0.128 e. The number of nitrogens with zero attached hydrogens (tertiary/aromatic N) is 2. The standard InChI is InChI=1S/C15H18N2O2S2/c1-3-10(15(18)19)20-13-12-9-5-4-8(2)6-11(9)21-14(12)17-7-16-13/h7-8,10H,3-6H2,1-2H3,(H,18,19)/p-1. The van der Waals surface area contributed by atoms with E-state index in [4.69, 9.17) is 0 Å². The van der Waals surface area contributed by atoms with E-state index in [1.807, 2.05) is 6.92 Å². The summed E-state index contributed by atoms with van der Waals surface area (Å²) in [5.74, 6) is -0.312. The van der Waals surface area contributed by atoms with Crippen LogP contribution in [0.2, 0.25) is 0 Å². The van der Waals surface area contributed by atoms with Gasteiger partial charge in [0.25, 0.3) is 0 Å². The third-order valence-electron chi connectivity index (χ3n) is 3.94. The monoisotopic (exact) mass is 321 g/mol. The number of aryl methyl sites for hydroxylation is 1. The van der Waals surface area contributed by atoms with Crippen LogP contribution < -0.4 is 5.11 Å². The highest BCUT2D eigenvalue weighted by molar-refractivity contribution is 8.00. The van der Waals surface area contributed by atoms with Crippen LogP contribution in [0, 0.1) is 5.92 Å². The number of thiophene rings is 1. The number of aliphatic carboxylic acids is 1. The number of thioether (sulfide) groups is 1. The largest absolute Gasteiger partial charge is 0.549 e. The number of fused-ring (bicyclic) bond motifs is 3. The van der Waals surface area contributed by atoms with Crippen molar-refractivity contribution < 1.29 is 9.90 Å². The Morgan fingerprint density at radius 2 is 2.38 bits per heavy atom. The first-order valence-corrected chi connectivity index (χ1v) is 8.92. The Kier molecular flexibility index (Phi) is 4.17. The minimum Gasteiger partial charge on any atom is -0.549 e. The highest BCUT2D eigenvalue weighted by Gasteiger charge is 2.24. The number of carbonyl (C=O) groups is 1. The Morgan fingerprint density at radius 1 is 1.57 bits per heavy atom. The van der Waals surface area contributed by atoms with Gasteiger partial charge < -0.3 is 9.90 Å². The number of rotatable bonds is 4. The van der Waals surface area contributed by atoms with Gasteiger partial charge in [0, 0.05) is 10.3 Å². The fraction of sp³-hybridized carbons (Fsp3) is 0.533. The van der Waals surface area contributed by atoms with Gasteiger partial charge in [-0.3, -0.25) is 0 Å². The van der Waals surface area contributed by atoms with Crippen LogP contribution in [0.5, 0.6) is 0 Å². The molecule has 0 radical (unpaired) electrons. The molecule has 0 fully saturated rings. The number of carboxylic acids is 1. The minimum atomic E-state index is -1.02. The van der Waals surface area contributed by atoms with Crippen LogP contribution in [-0.4, -0.2) is 21.2 Å². The third kappa shape index (κ3) is 2.79. The van der Waals surface area contributed by atoms with E-state index in [0.717, 1.165) is 28.1 Å². The zero-order valence-electron chi connectivity index (χ0n) is 12.1. The number of carbonyl (C=O) groups excluding carboxylic acids is 1. The van der Waals surface area contributed by atoms with E-state index in [2.05, 4.69) is 16.9 Å². The Bertz CT molecular complexity index is 684. The number of aromatic nitrogens is 2. The lowest BCUT2D eigenvalue weighted by Gasteiger charge is -2.19. The number of carboxylic acid groups (broad SMARTS) is 1. The van der Waals surface area contributed by atoms with Crippen LogP contribution in [0.3, 0.4) is 0 Å². The molecule has 0 saturated carbocycles. The molecule has 1 aliphatic rings. The van der Waals surface area contributed by atoms with Gasteiger partial charge in [-0.2, -0.15) is 0 Å². The van der Waals surface area contributed by atoms with Gasteiger partial charge in [-0.05, 0) is 37.2 Å². The minimum absolute atomic E-state index is 0.530. The van der Waals surface area contributed by atoms with E-state index < -0.39 is 11.2 Å². The normalized spacial score (nSPS) is 19.4. The van der Waals surface area contributed by atoms with Crippen molar-refractivity contribution in [2.75, 3.05) is 0 Å². The maximum absolute atomic E-state index is 11.2. The summed E-state index contributed by atoms with van der Waals surface area (Å²) in [7, 11) is 0. The number of hydrogen-bond acceptors (Lipinski definition) is 6. The topological polar surface area (TPSA) is 65.9 Å². The molecule has 4 nitrogen and oxygen atoms in total. The Labute approximate surface area is 132 Å². The Hall–Kier alpha value is -1.14. The maximum atomic E-state index is 11.2. The second-order valence-electron chi connectivity index (χ2n) is 5.54. The summed E-state index contributed by atoms with van der Waals surface area (Å²) in [6, 6.07) is 0. The first-order chi connectivity index (χ1) is 10.1. The molecule has 0 N–H and O–H groups in total. The second-order valence-corrected chi connectivity index (χ2v) is 7.82. The van der Waals surface area contributed by atoms with Gasteiger partial charge in [-0.25, -0.2) is 9.97 Å². The first kappa shape index (κ1) is 14.8. The first-order valence-electron chi connectivity index (χ1n) is 7.22. The van der Waals surface area contributed by atoms with Crippen LogP contribution in [0.1, 0.15) is 37.1 Å². The molecule has 0 bridgehead atoms. The van der Waals surface area contributed by atoms with E-state index in [1.54, 1.807) is 11.3 Å². The van der Waals surface area contributed by atoms with E-state index in [1.165, 1.54) is 35.0 Å². The molecule has 3 rings (SSSR count). The van der Waals surface area contributed by atoms with Crippen LogP contribution in [0.4, 0.5) is 0 Å². The van der Waals surface area contributed by atoms with Gasteiger partial charge in [-0.1, -0.05) is 25.6 Å². The zero-order valence-corrected chi connectivity index (χ0v) is 13.7. The average molecular weight is 321 g/mol. The van der Waals surface area contributed by atoms with Crippen molar-refractivity contribution in [2.24, 2.45) is 5.92 Å². The summed E-state index contributed by atoms with van der Waals surface area (Å²) in [5.41, 5.74) is 1.34. The highest BCUT2D eigenvalue weighted by Crippen LogP contribution is 2.41. The summed E-state index contributed by atoms with van der Waals surface area (Å²) in [5, 5.41) is 12.5. The van der Waals surface area contributed by atoms with Gasteiger partial charge in [-0.15, -0.1) is 11.3 Å². The third-order valence-corrected chi connectivity index (χ3v) is 6.45. The predicted molar refractivity (Wildman–Crippen MR) is 83.5 cm³/mol. The molecule has 2 unspecified atom stereocenters. The molecule has 21 heavy (non-hydrogen) atoms. The van der Waals surface area contributed by atoms with Crippen LogP contribution in [0.25, 0.3) is 10.2 Å². The van der Waals surface area contributed by atoms with Crippen LogP contribution in [0.15, 0.2) is 11.4 Å². The molecular weight excluding hydrogens is 304 g/mol. The summed E-state index contributed by atoms with van der Waals surface area (Å²) in [6.07, 6.45) is 5.38. The lowest BCUT2D eigenvalue weighted by atomic mass is 9.89. The molecule has 0 aliphatic heterocycles. The van der Waals surface area contributed by atoms with Crippen molar-refractivity contribution in [1.82, 2.24) is 9.97 Å². The van der Waals surface area contributed by atoms with E-state index in [-0.39, 0.29) is 0 Å². The van der Waals surface area contributed by atoms with Crippen LogP contribution in [-0.2, 0) is 17.6 Å². The summed E-state index contributed by atoms with van der Waals surface area (Å²) in [6.45, 7) is 4.13. The lowest BCUT2D eigenvalue weighted by molar-refractivity contribution is -0.304. The van der Waals surface area contributed by atoms with E-state index >= 15 is 0 Å². The van der Waals surface area contributed by atoms with Crippen molar-refractivity contribution in [2.45, 2.75) is 49.8 Å². The van der Waals surface area contributed by atoms with Crippen molar-refractivity contribution >= 4 is 39.3 Å². The molecule has 6 heteroatoms. The van der Waals surface area contributed by atoms with Crippen molar-refractivity contribution in [3.8, 4) is 0 Å². The van der Waals surface area contributed by atoms with Gasteiger partial charge in [0.15, 0.2) is 0 Å². The summed E-state index contributed by atoms with van der Waals surface area (Å²) >= 11 is 3.03. The fourth-order valence-corrected chi connectivity index (χ4v) is 5.16. The molecule has 0 spiro atoms. The van der Waals surface area contributed by atoms with E-state index in [9.17, 15) is 9.90 Å². The number of hydrogen-bond donors (Lipinski definition) is 0. The Balaban J connectivity index is 2.05. The average Bonchev–Trinajstić information content (AvgIpc) is 2.82. The molecule has 2 heterocycles. The summed E-state index contributed by atoms with van der Waals surface area (Å²) < 4.78 is 0. The van der Waals surface area contributed by atoms with Gasteiger partial charge in [0.05, 0.1) is 11.2 Å². The van der Waals surface area contributed by atoms with E-state index in [0.29, 0.717) is 12.3 Å². The van der Waals surface area contributed by atoms with Gasteiger partial charge >= 0.3 is 0 Å². The van der Waals surface area contributed by atoms with Crippen LogP contribution >= 0.6 is 23.1 Å². The molecular formula is C15H17N2O2S2-. The fourth-order valence-electron chi connectivity index (χ4n) is 2.77. The molecule has 0 amide bonds. The molecule has 2 aromatic heterocycles. The second kappa shape index (κ2) is 5.93. The van der Waals surface area contributed by atoms with Gasteiger partial charge in [0.2, 0.25) is 0 Å². The highest BCUT2D eigenvalue weighted by atomic mass is 32.2. The lowest BCUT2D eigenvalue weighted by Crippen LogP contribution is -2.33. The molecule has 2 atom stereocenters. The smallest absolute Gasteiger partial charge is 0.128 e. The molecule has 0 aromatic carbocycles. The molecule has 2 aromatic rings. The summed E-state index contributed by atoms with van der Waals surface area (Å²) in [4.78, 5) is 22.3. The quantitative estimate of drug-likeness (QED) is 0.639. The van der Waals surface area contributed by atoms with Crippen molar-refractivity contribution in [3.05, 3.63) is 16.8 Å². The van der Waals surface area contributed by atoms with Crippen molar-refractivity contribution in [3.63, 3.8) is 0 Å².